The number of imidazole rings is 1. The van der Waals surface area contributed by atoms with Crippen LogP contribution in [0.3, 0.4) is 0 Å². The number of ether oxygens (including phenoxy) is 1. The Morgan fingerprint density at radius 1 is 1.35 bits per heavy atom. The van der Waals surface area contributed by atoms with E-state index < -0.39 is 17.2 Å². The molecule has 0 fully saturated rings. The van der Waals surface area contributed by atoms with E-state index in [-0.39, 0.29) is 12.1 Å². The summed E-state index contributed by atoms with van der Waals surface area (Å²) in [5.41, 5.74) is -0.121. The fourth-order valence-corrected chi connectivity index (χ4v) is 2.64. The summed E-state index contributed by atoms with van der Waals surface area (Å²) in [6.45, 7) is 2.34. The van der Waals surface area contributed by atoms with Crippen molar-refractivity contribution < 1.29 is 9.53 Å². The molecule has 1 N–H and O–H groups in total. The molecule has 9 heteroatoms. The Morgan fingerprint density at radius 2 is 2.15 bits per heavy atom. The minimum absolute atomic E-state index is 0.125. The van der Waals surface area contributed by atoms with Crippen molar-refractivity contribution in [1.82, 2.24) is 24.1 Å². The van der Waals surface area contributed by atoms with Crippen LogP contribution in [0.1, 0.15) is 35.9 Å². The number of hydrogen-bond donors (Lipinski definition) is 1. The highest BCUT2D eigenvalue weighted by Gasteiger charge is 2.17. The molecule has 136 valence electrons. The minimum Gasteiger partial charge on any atom is -0.454 e. The van der Waals surface area contributed by atoms with E-state index in [4.69, 9.17) is 4.74 Å². The molecule has 0 aromatic carbocycles. The van der Waals surface area contributed by atoms with E-state index in [1.165, 1.54) is 15.3 Å². The smallest absolute Gasteiger partial charge is 0.340 e. The summed E-state index contributed by atoms with van der Waals surface area (Å²) in [6, 6.07) is 3.23. The van der Waals surface area contributed by atoms with E-state index in [1.807, 2.05) is 6.92 Å². The first-order chi connectivity index (χ1) is 12.5. The van der Waals surface area contributed by atoms with Gasteiger partial charge in [0.25, 0.3) is 5.56 Å². The number of H-pyrrole nitrogens is 1. The van der Waals surface area contributed by atoms with Crippen LogP contribution in [0.15, 0.2) is 34.1 Å². The number of rotatable bonds is 6. The maximum Gasteiger partial charge on any atom is 0.340 e. The summed E-state index contributed by atoms with van der Waals surface area (Å²) in [4.78, 5) is 46.9. The summed E-state index contributed by atoms with van der Waals surface area (Å²) >= 11 is 0. The van der Waals surface area contributed by atoms with Crippen molar-refractivity contribution in [3.05, 3.63) is 56.8 Å². The molecule has 0 spiro atoms. The van der Waals surface area contributed by atoms with E-state index in [0.717, 1.165) is 12.8 Å². The third-order valence-electron chi connectivity index (χ3n) is 4.07. The van der Waals surface area contributed by atoms with Gasteiger partial charge in [0.05, 0.1) is 5.56 Å². The van der Waals surface area contributed by atoms with Crippen LogP contribution in [-0.4, -0.2) is 30.1 Å². The van der Waals surface area contributed by atoms with Gasteiger partial charge in [-0.2, -0.15) is 0 Å². The number of unbranched alkanes of at least 4 members (excludes halogenated alkanes) is 1. The van der Waals surface area contributed by atoms with Crippen LogP contribution in [0, 0.1) is 0 Å². The van der Waals surface area contributed by atoms with Gasteiger partial charge in [0.1, 0.15) is 12.4 Å². The number of fused-ring (bicyclic) bond motifs is 1. The number of nitrogens with one attached hydrogen (secondary N) is 1. The third-order valence-corrected chi connectivity index (χ3v) is 4.07. The molecule has 0 aliphatic carbocycles. The lowest BCUT2D eigenvalue weighted by atomic mass is 10.3. The summed E-state index contributed by atoms with van der Waals surface area (Å²) < 4.78 is 8.23. The zero-order chi connectivity index (χ0) is 18.7. The number of aromatic nitrogens is 5. The molecule has 3 aromatic rings. The molecule has 9 nitrogen and oxygen atoms in total. The Morgan fingerprint density at radius 3 is 2.85 bits per heavy atom. The molecule has 0 atom stereocenters. The maximum absolute atomic E-state index is 12.2. The summed E-state index contributed by atoms with van der Waals surface area (Å²) in [5.74, 6) is -0.166. The number of pyridine rings is 1. The van der Waals surface area contributed by atoms with E-state index in [9.17, 15) is 14.4 Å². The van der Waals surface area contributed by atoms with E-state index >= 15 is 0 Å². The highest BCUT2D eigenvalue weighted by atomic mass is 16.5. The van der Waals surface area contributed by atoms with Crippen molar-refractivity contribution in [2.75, 3.05) is 0 Å². The molecular weight excluding hydrogens is 338 g/mol. The van der Waals surface area contributed by atoms with Gasteiger partial charge in [0, 0.05) is 26.0 Å². The van der Waals surface area contributed by atoms with Gasteiger partial charge in [-0.1, -0.05) is 13.3 Å². The molecule has 0 amide bonds. The first-order valence-electron chi connectivity index (χ1n) is 8.28. The highest BCUT2D eigenvalue weighted by Crippen LogP contribution is 2.12. The second-order valence-corrected chi connectivity index (χ2v) is 5.84. The Kier molecular flexibility index (Phi) is 4.97. The van der Waals surface area contributed by atoms with Crippen LogP contribution in [0.5, 0.6) is 0 Å². The van der Waals surface area contributed by atoms with Gasteiger partial charge in [-0.15, -0.1) is 0 Å². The van der Waals surface area contributed by atoms with Crippen molar-refractivity contribution in [2.24, 2.45) is 7.05 Å². The first-order valence-corrected chi connectivity index (χ1v) is 8.28. The molecular formula is C17H19N5O4. The average molecular weight is 357 g/mol. The molecule has 0 saturated carbocycles. The van der Waals surface area contributed by atoms with Crippen LogP contribution in [0.25, 0.3) is 11.2 Å². The molecule has 0 bridgehead atoms. The lowest BCUT2D eigenvalue weighted by Crippen LogP contribution is -2.31. The lowest BCUT2D eigenvalue weighted by molar-refractivity contribution is 0.0459. The molecule has 3 heterocycles. The fourth-order valence-electron chi connectivity index (χ4n) is 2.64. The van der Waals surface area contributed by atoms with Crippen molar-refractivity contribution in [2.45, 2.75) is 32.9 Å². The van der Waals surface area contributed by atoms with Gasteiger partial charge < -0.3 is 9.30 Å². The van der Waals surface area contributed by atoms with Gasteiger partial charge in [0.2, 0.25) is 0 Å². The normalized spacial score (nSPS) is 11.0. The van der Waals surface area contributed by atoms with E-state index in [1.54, 1.807) is 25.4 Å². The molecule has 0 aliphatic rings. The molecule has 3 rings (SSSR count). The largest absolute Gasteiger partial charge is 0.454 e. The van der Waals surface area contributed by atoms with Crippen molar-refractivity contribution in [3.8, 4) is 0 Å². The Hall–Kier alpha value is -3.23. The van der Waals surface area contributed by atoms with Crippen LogP contribution in [0.2, 0.25) is 0 Å². The highest BCUT2D eigenvalue weighted by molar-refractivity contribution is 5.88. The lowest BCUT2D eigenvalue weighted by Gasteiger charge is -2.05. The number of carbonyl (C=O) groups excluding carboxylic acids is 1. The number of esters is 1. The van der Waals surface area contributed by atoms with E-state index in [0.29, 0.717) is 23.6 Å². The Labute approximate surface area is 148 Å². The summed E-state index contributed by atoms with van der Waals surface area (Å²) in [7, 11) is 1.65. The zero-order valence-corrected chi connectivity index (χ0v) is 14.6. The Balaban J connectivity index is 1.93. The third kappa shape index (κ3) is 3.28. The average Bonchev–Trinajstić information content (AvgIpc) is 2.97. The summed E-state index contributed by atoms with van der Waals surface area (Å²) in [5, 5.41) is 0. The maximum atomic E-state index is 12.2. The topological polar surface area (TPSA) is 112 Å². The van der Waals surface area contributed by atoms with Gasteiger partial charge in [-0.3, -0.25) is 19.3 Å². The van der Waals surface area contributed by atoms with Crippen LogP contribution in [0.4, 0.5) is 0 Å². The molecule has 26 heavy (non-hydrogen) atoms. The van der Waals surface area contributed by atoms with Crippen molar-refractivity contribution in [3.63, 3.8) is 0 Å². The number of aryl methyl sites for hydroxylation is 2. The predicted molar refractivity (Wildman–Crippen MR) is 93.9 cm³/mol. The number of hydrogen-bond acceptors (Lipinski definition) is 6. The monoisotopic (exact) mass is 357 g/mol. The minimum atomic E-state index is -0.539. The van der Waals surface area contributed by atoms with Gasteiger partial charge in [0.15, 0.2) is 11.2 Å². The summed E-state index contributed by atoms with van der Waals surface area (Å²) in [6.07, 6.45) is 4.65. The van der Waals surface area contributed by atoms with Gasteiger partial charge >= 0.3 is 11.7 Å². The van der Waals surface area contributed by atoms with Crippen LogP contribution >= 0.6 is 0 Å². The Bertz CT molecular complexity index is 1050. The molecule has 0 aliphatic heterocycles. The van der Waals surface area contributed by atoms with Gasteiger partial charge in [-0.05, 0) is 18.6 Å². The number of nitrogens with zero attached hydrogens (tertiary/aromatic N) is 4. The number of carbonyl (C=O) groups is 1. The van der Waals surface area contributed by atoms with E-state index in [2.05, 4.69) is 15.0 Å². The first kappa shape index (κ1) is 17.6. The van der Waals surface area contributed by atoms with Crippen LogP contribution in [-0.2, 0) is 24.9 Å². The molecule has 0 radical (unpaired) electrons. The second-order valence-electron chi connectivity index (χ2n) is 5.84. The predicted octanol–water partition coefficient (Wildman–Crippen LogP) is 0.975. The molecule has 3 aromatic heterocycles. The molecule has 0 saturated heterocycles. The SMILES string of the molecule is CCCCn1c(=O)[nH]c(=O)c2c1nc(COC(=O)c1cccnc1)n2C. The standard InChI is InChI=1S/C17H19N5O4/c1-3-4-8-22-14-13(15(23)20-17(22)25)21(2)12(19-14)10-26-16(24)11-6-5-7-18-9-11/h5-7,9H,3-4,8,10H2,1-2H3,(H,20,23,25). The second kappa shape index (κ2) is 7.34. The number of aromatic amines is 1. The quantitative estimate of drug-likeness (QED) is 0.658. The fraction of sp³-hybridized carbons (Fsp3) is 0.353. The van der Waals surface area contributed by atoms with Crippen molar-refractivity contribution in [1.29, 1.82) is 0 Å². The van der Waals surface area contributed by atoms with Crippen LogP contribution < -0.4 is 11.2 Å². The zero-order valence-electron chi connectivity index (χ0n) is 14.6. The van der Waals surface area contributed by atoms with Gasteiger partial charge in [-0.25, -0.2) is 14.6 Å². The van der Waals surface area contributed by atoms with Crippen molar-refractivity contribution >= 4 is 17.1 Å². The molecule has 0 unspecified atom stereocenters.